The van der Waals surface area contributed by atoms with Gasteiger partial charge in [-0.05, 0) is 37.8 Å². The van der Waals surface area contributed by atoms with E-state index in [1.165, 1.54) is 6.42 Å². The molecule has 18 heavy (non-hydrogen) atoms. The summed E-state index contributed by atoms with van der Waals surface area (Å²) in [5.41, 5.74) is 0.741. The molecule has 0 spiro atoms. The van der Waals surface area contributed by atoms with Crippen molar-refractivity contribution in [3.63, 3.8) is 0 Å². The number of nitrogens with one attached hydrogen (secondary N) is 1. The van der Waals surface area contributed by atoms with Crippen LogP contribution in [0.25, 0.3) is 0 Å². The summed E-state index contributed by atoms with van der Waals surface area (Å²) in [6, 6.07) is 3.65. The third-order valence-corrected chi connectivity index (χ3v) is 3.21. The van der Waals surface area contributed by atoms with Crippen molar-refractivity contribution in [3.05, 3.63) is 23.9 Å². The van der Waals surface area contributed by atoms with Crippen LogP contribution >= 0.6 is 0 Å². The molecule has 0 aliphatic carbocycles. The molecular formula is C14H21N3O. The van der Waals surface area contributed by atoms with Crippen molar-refractivity contribution in [2.75, 3.05) is 25.0 Å². The van der Waals surface area contributed by atoms with Gasteiger partial charge >= 0.3 is 0 Å². The third-order valence-electron chi connectivity index (χ3n) is 3.21. The number of carbonyl (C=O) groups excluding carboxylic acids is 1. The average molecular weight is 247 g/mol. The van der Waals surface area contributed by atoms with E-state index in [2.05, 4.69) is 17.2 Å². The summed E-state index contributed by atoms with van der Waals surface area (Å²) < 4.78 is 0. The maximum atomic E-state index is 12.3. The Bertz CT molecular complexity index is 400. The van der Waals surface area contributed by atoms with E-state index in [4.69, 9.17) is 0 Å². The highest BCUT2D eigenvalue weighted by atomic mass is 16.2. The first-order valence-electron chi connectivity index (χ1n) is 6.80. The molecule has 2 rings (SSSR count). The zero-order chi connectivity index (χ0) is 12.8. The van der Waals surface area contributed by atoms with Crippen molar-refractivity contribution in [2.45, 2.75) is 32.6 Å². The zero-order valence-electron chi connectivity index (χ0n) is 11.0. The number of amides is 1. The molecule has 0 atom stereocenters. The molecule has 1 aromatic heterocycles. The highest BCUT2D eigenvalue weighted by molar-refractivity contribution is 5.94. The summed E-state index contributed by atoms with van der Waals surface area (Å²) in [6.07, 6.45) is 6.24. The van der Waals surface area contributed by atoms with Gasteiger partial charge in [-0.25, -0.2) is 4.98 Å². The highest BCUT2D eigenvalue weighted by Crippen LogP contribution is 2.14. The summed E-state index contributed by atoms with van der Waals surface area (Å²) in [7, 11) is 0. The number of pyridine rings is 1. The molecule has 1 fully saturated rings. The molecular weight excluding hydrogens is 226 g/mol. The molecule has 1 N–H and O–H groups in total. The van der Waals surface area contributed by atoms with Crippen molar-refractivity contribution >= 4 is 11.7 Å². The number of anilines is 1. The number of likely N-dealkylation sites (tertiary alicyclic amines) is 1. The fraction of sp³-hybridized carbons (Fsp3) is 0.571. The van der Waals surface area contributed by atoms with Crippen LogP contribution in [0.5, 0.6) is 0 Å². The van der Waals surface area contributed by atoms with Crippen LogP contribution in [0.1, 0.15) is 43.0 Å². The fourth-order valence-electron chi connectivity index (χ4n) is 2.19. The van der Waals surface area contributed by atoms with Crippen LogP contribution in [0, 0.1) is 0 Å². The lowest BCUT2D eigenvalue weighted by atomic mass is 10.1. The van der Waals surface area contributed by atoms with Crippen molar-refractivity contribution in [1.29, 1.82) is 0 Å². The summed E-state index contributed by atoms with van der Waals surface area (Å²) in [5.74, 6) is 0.927. The number of nitrogens with zero attached hydrogens (tertiary/aromatic N) is 2. The first-order valence-corrected chi connectivity index (χ1v) is 6.80. The van der Waals surface area contributed by atoms with Gasteiger partial charge in [0.1, 0.15) is 5.82 Å². The standard InChI is InChI=1S/C14H21N3O/c1-2-7-15-13-11-12(6-8-16-13)14(18)17-9-4-3-5-10-17/h6,8,11H,2-5,7,9-10H2,1H3,(H,15,16). The van der Waals surface area contributed by atoms with E-state index in [0.717, 1.165) is 50.3 Å². The number of aromatic nitrogens is 1. The highest BCUT2D eigenvalue weighted by Gasteiger charge is 2.18. The first kappa shape index (κ1) is 12.9. The molecule has 98 valence electrons. The summed E-state index contributed by atoms with van der Waals surface area (Å²) in [6.45, 7) is 4.77. The summed E-state index contributed by atoms with van der Waals surface area (Å²) >= 11 is 0. The van der Waals surface area contributed by atoms with Crippen LogP contribution in [-0.4, -0.2) is 35.4 Å². The molecule has 2 heterocycles. The van der Waals surface area contributed by atoms with Gasteiger partial charge in [-0.2, -0.15) is 0 Å². The van der Waals surface area contributed by atoms with Crippen molar-refractivity contribution in [1.82, 2.24) is 9.88 Å². The Labute approximate surface area is 108 Å². The summed E-state index contributed by atoms with van der Waals surface area (Å²) in [5, 5.41) is 3.21. The minimum absolute atomic E-state index is 0.136. The van der Waals surface area contributed by atoms with Gasteiger partial charge in [0.25, 0.3) is 5.91 Å². The Balaban J connectivity index is 2.04. The van der Waals surface area contributed by atoms with Gasteiger partial charge < -0.3 is 10.2 Å². The van der Waals surface area contributed by atoms with Gasteiger partial charge in [0.2, 0.25) is 0 Å². The molecule has 4 heteroatoms. The SMILES string of the molecule is CCCNc1cc(C(=O)N2CCCCC2)ccn1. The molecule has 1 aliphatic rings. The van der Waals surface area contributed by atoms with Crippen molar-refractivity contribution in [2.24, 2.45) is 0 Å². The molecule has 0 bridgehead atoms. The second kappa shape index (κ2) is 6.38. The van der Waals surface area contributed by atoms with Crippen molar-refractivity contribution in [3.8, 4) is 0 Å². The van der Waals surface area contributed by atoms with Gasteiger partial charge in [-0.15, -0.1) is 0 Å². The van der Waals surface area contributed by atoms with Gasteiger partial charge in [-0.1, -0.05) is 6.92 Å². The second-order valence-corrected chi connectivity index (χ2v) is 4.71. The van der Waals surface area contributed by atoms with E-state index in [1.807, 2.05) is 11.0 Å². The lowest BCUT2D eigenvalue weighted by Crippen LogP contribution is -2.35. The molecule has 0 saturated carbocycles. The van der Waals surface area contributed by atoms with Gasteiger partial charge in [0, 0.05) is 31.4 Å². The van der Waals surface area contributed by atoms with Gasteiger partial charge in [0.05, 0.1) is 0 Å². The normalized spacial score (nSPS) is 15.5. The second-order valence-electron chi connectivity index (χ2n) is 4.71. The van der Waals surface area contributed by atoms with E-state index >= 15 is 0 Å². The third kappa shape index (κ3) is 3.22. The monoisotopic (exact) mass is 247 g/mol. The maximum Gasteiger partial charge on any atom is 0.254 e. The zero-order valence-corrected chi connectivity index (χ0v) is 11.0. The quantitative estimate of drug-likeness (QED) is 0.889. The smallest absolute Gasteiger partial charge is 0.254 e. The molecule has 1 amide bonds. The predicted octanol–water partition coefficient (Wildman–Crippen LogP) is 2.53. The number of hydrogen-bond acceptors (Lipinski definition) is 3. The Kier molecular flexibility index (Phi) is 4.56. The molecule has 1 saturated heterocycles. The summed E-state index contributed by atoms with van der Waals surface area (Å²) in [4.78, 5) is 18.5. The Hall–Kier alpha value is -1.58. The Morgan fingerprint density at radius 2 is 2.17 bits per heavy atom. The van der Waals surface area contributed by atoms with E-state index in [1.54, 1.807) is 12.3 Å². The largest absolute Gasteiger partial charge is 0.370 e. The number of piperidine rings is 1. The number of carbonyl (C=O) groups is 1. The molecule has 0 radical (unpaired) electrons. The van der Waals surface area contributed by atoms with Gasteiger partial charge in [-0.3, -0.25) is 4.79 Å². The van der Waals surface area contributed by atoms with E-state index in [9.17, 15) is 4.79 Å². The lowest BCUT2D eigenvalue weighted by molar-refractivity contribution is 0.0724. The number of rotatable bonds is 4. The van der Waals surface area contributed by atoms with Crippen LogP contribution in [0.15, 0.2) is 18.3 Å². The molecule has 0 aromatic carbocycles. The van der Waals surface area contributed by atoms with Crippen LogP contribution in [0.3, 0.4) is 0 Å². The maximum absolute atomic E-state index is 12.3. The molecule has 1 aromatic rings. The van der Waals surface area contributed by atoms with Crippen LogP contribution in [-0.2, 0) is 0 Å². The minimum Gasteiger partial charge on any atom is -0.370 e. The lowest BCUT2D eigenvalue weighted by Gasteiger charge is -2.26. The van der Waals surface area contributed by atoms with E-state index in [-0.39, 0.29) is 5.91 Å². The average Bonchev–Trinajstić information content (AvgIpc) is 2.45. The van der Waals surface area contributed by atoms with E-state index in [0.29, 0.717) is 0 Å². The topological polar surface area (TPSA) is 45.2 Å². The van der Waals surface area contributed by atoms with Crippen LogP contribution in [0.2, 0.25) is 0 Å². The molecule has 0 unspecified atom stereocenters. The first-order chi connectivity index (χ1) is 8.81. The van der Waals surface area contributed by atoms with E-state index < -0.39 is 0 Å². The van der Waals surface area contributed by atoms with Crippen molar-refractivity contribution < 1.29 is 4.79 Å². The predicted molar refractivity (Wildman–Crippen MR) is 72.8 cm³/mol. The Morgan fingerprint density at radius 3 is 2.89 bits per heavy atom. The van der Waals surface area contributed by atoms with Crippen LogP contribution < -0.4 is 5.32 Å². The van der Waals surface area contributed by atoms with Crippen LogP contribution in [0.4, 0.5) is 5.82 Å². The molecule has 4 nitrogen and oxygen atoms in total. The Morgan fingerprint density at radius 1 is 1.39 bits per heavy atom. The molecule has 1 aliphatic heterocycles. The van der Waals surface area contributed by atoms with Gasteiger partial charge in [0.15, 0.2) is 0 Å². The number of hydrogen-bond donors (Lipinski definition) is 1. The fourth-order valence-corrected chi connectivity index (χ4v) is 2.19. The minimum atomic E-state index is 0.136.